The number of carbonyl (C=O) groups excluding carboxylic acids is 2. The van der Waals surface area contributed by atoms with Crippen LogP contribution in [-0.4, -0.2) is 49.3 Å². The normalized spacial score (nSPS) is 14.2. The quantitative estimate of drug-likeness (QED) is 0.0267. The van der Waals surface area contributed by atoms with Crippen LogP contribution in [0.2, 0.25) is 0 Å². The van der Waals surface area contributed by atoms with Crippen molar-refractivity contribution in [1.29, 1.82) is 0 Å². The molecule has 0 radical (unpaired) electrons. The number of ether oxygens (including phenoxy) is 2. The topological polar surface area (TPSA) is 134 Å². The second kappa shape index (κ2) is 44.5. The fourth-order valence-corrected chi connectivity index (χ4v) is 6.44. The molecule has 0 saturated heterocycles. The van der Waals surface area contributed by atoms with Crippen molar-refractivity contribution in [3.63, 3.8) is 0 Å². The summed E-state index contributed by atoms with van der Waals surface area (Å²) in [5.74, 6) is -0.871. The minimum Gasteiger partial charge on any atom is -0.462 e. The summed E-state index contributed by atoms with van der Waals surface area (Å²) < 4.78 is 32.8. The molecule has 336 valence electrons. The summed E-state index contributed by atoms with van der Waals surface area (Å²) in [6.45, 7) is 3.46. The summed E-state index contributed by atoms with van der Waals surface area (Å²) in [5, 5.41) is 0. The van der Waals surface area contributed by atoms with Crippen molar-refractivity contribution >= 4 is 19.8 Å². The molecule has 0 aliphatic heterocycles. The molecule has 9 nitrogen and oxygen atoms in total. The predicted octanol–water partition coefficient (Wildman–Crippen LogP) is 13.4. The molecule has 0 aromatic rings. The molecule has 3 N–H and O–H groups in total. The van der Waals surface area contributed by atoms with Gasteiger partial charge in [-0.15, -0.1) is 0 Å². The Morgan fingerprint density at radius 3 is 1.31 bits per heavy atom. The van der Waals surface area contributed by atoms with Crippen molar-refractivity contribution < 1.29 is 37.6 Å². The van der Waals surface area contributed by atoms with Crippen molar-refractivity contribution in [1.82, 2.24) is 0 Å². The lowest BCUT2D eigenvalue weighted by molar-refractivity contribution is -0.161. The second-order valence-corrected chi connectivity index (χ2v) is 16.0. The molecule has 0 aliphatic rings. The van der Waals surface area contributed by atoms with Crippen molar-refractivity contribution in [2.75, 3.05) is 26.4 Å². The highest BCUT2D eigenvalue weighted by atomic mass is 31.2. The Bertz CT molecular complexity index is 1280. The van der Waals surface area contributed by atoms with Crippen LogP contribution in [-0.2, 0) is 32.7 Å². The van der Waals surface area contributed by atoms with Gasteiger partial charge in [0, 0.05) is 19.4 Å². The lowest BCUT2D eigenvalue weighted by Gasteiger charge is -2.19. The van der Waals surface area contributed by atoms with E-state index in [0.717, 1.165) is 109 Å². The van der Waals surface area contributed by atoms with Gasteiger partial charge in [-0.05, 0) is 89.9 Å². The molecule has 2 atom stereocenters. The molecule has 0 spiro atoms. The molecule has 0 fully saturated rings. The Morgan fingerprint density at radius 2 is 0.881 bits per heavy atom. The zero-order valence-corrected chi connectivity index (χ0v) is 37.8. The van der Waals surface area contributed by atoms with Gasteiger partial charge in [0.05, 0.1) is 13.2 Å². The first-order valence-electron chi connectivity index (χ1n) is 22.7. The number of allylic oxidation sites excluding steroid dienone is 16. The van der Waals surface area contributed by atoms with E-state index < -0.39 is 32.5 Å². The average Bonchev–Trinajstić information content (AvgIpc) is 3.22. The largest absolute Gasteiger partial charge is 0.472 e. The van der Waals surface area contributed by atoms with Crippen LogP contribution in [0.25, 0.3) is 0 Å². The number of hydrogen-bond acceptors (Lipinski definition) is 8. The molecular weight excluding hydrogens is 762 g/mol. The first-order valence-corrected chi connectivity index (χ1v) is 24.2. The van der Waals surface area contributed by atoms with E-state index in [-0.39, 0.29) is 32.6 Å². The standard InChI is InChI=1S/C49H82NO8P/c1-3-5-7-9-11-13-15-17-19-21-22-23-24-26-28-30-32-34-36-38-40-42-49(52)58-47(46-57-59(53,54)56-44-43-50)45-55-48(51)41-39-37-35-33-31-29-27-25-20-18-16-14-12-10-8-6-4-2/h5-8,11-14,17-20,22-23,26,28,47H,3-4,9-10,15-16,21,24-25,27,29-46,50H2,1-2H3,(H,53,54)/b7-5-,8-6-,13-11-,14-12-,19-17-,20-18-,23-22-,28-26-. The molecule has 0 amide bonds. The Labute approximate surface area is 359 Å². The highest BCUT2D eigenvalue weighted by molar-refractivity contribution is 7.47. The van der Waals surface area contributed by atoms with Gasteiger partial charge in [-0.2, -0.15) is 0 Å². The number of phosphoric acid groups is 1. The molecule has 2 unspecified atom stereocenters. The molecule has 0 bridgehead atoms. The zero-order valence-electron chi connectivity index (χ0n) is 36.9. The minimum atomic E-state index is -4.39. The summed E-state index contributed by atoms with van der Waals surface area (Å²) in [7, 11) is -4.39. The van der Waals surface area contributed by atoms with Crippen LogP contribution < -0.4 is 5.73 Å². The number of nitrogens with two attached hydrogens (primary N) is 1. The van der Waals surface area contributed by atoms with Gasteiger partial charge in [0.2, 0.25) is 0 Å². The Morgan fingerprint density at radius 1 is 0.508 bits per heavy atom. The number of esters is 2. The fourth-order valence-electron chi connectivity index (χ4n) is 5.67. The van der Waals surface area contributed by atoms with Gasteiger partial charge in [-0.1, -0.05) is 162 Å². The van der Waals surface area contributed by atoms with Crippen molar-refractivity contribution in [2.24, 2.45) is 5.73 Å². The summed E-state index contributed by atoms with van der Waals surface area (Å²) in [4.78, 5) is 34.9. The molecule has 0 saturated carbocycles. The van der Waals surface area contributed by atoms with Gasteiger partial charge >= 0.3 is 19.8 Å². The molecule has 0 aliphatic carbocycles. The van der Waals surface area contributed by atoms with Gasteiger partial charge in [0.1, 0.15) is 6.61 Å². The SMILES string of the molecule is CC/C=C\C/C=C\C/C=C\C/C=C\C/C=C\CCCCCCCC(=O)OC(COC(=O)CCCCCCCCC/C=C\C/C=C\C/C=C\CC)COP(=O)(O)OCCN. The average molecular weight is 844 g/mol. The van der Waals surface area contributed by atoms with E-state index in [1.165, 1.54) is 19.3 Å². The smallest absolute Gasteiger partial charge is 0.462 e. The molecule has 0 rings (SSSR count). The summed E-state index contributed by atoms with van der Waals surface area (Å²) >= 11 is 0. The Kier molecular flexibility index (Phi) is 42.2. The molecule has 59 heavy (non-hydrogen) atoms. The Hall–Kier alpha value is -3.07. The third-order valence-electron chi connectivity index (χ3n) is 8.97. The van der Waals surface area contributed by atoms with Crippen LogP contribution >= 0.6 is 7.82 Å². The second-order valence-electron chi connectivity index (χ2n) is 14.5. The van der Waals surface area contributed by atoms with Crippen LogP contribution in [0.15, 0.2) is 97.2 Å². The van der Waals surface area contributed by atoms with Gasteiger partial charge in [0.25, 0.3) is 0 Å². The van der Waals surface area contributed by atoms with E-state index in [9.17, 15) is 19.0 Å². The number of unbranched alkanes of at least 4 members (excludes halogenated alkanes) is 12. The summed E-state index contributed by atoms with van der Waals surface area (Å²) in [6.07, 6.45) is 57.2. The number of rotatable bonds is 41. The van der Waals surface area contributed by atoms with Crippen molar-refractivity contribution in [3.8, 4) is 0 Å². The van der Waals surface area contributed by atoms with E-state index in [1.807, 2.05) is 0 Å². The monoisotopic (exact) mass is 844 g/mol. The zero-order chi connectivity index (χ0) is 43.2. The van der Waals surface area contributed by atoms with Gasteiger partial charge in [-0.25, -0.2) is 4.57 Å². The van der Waals surface area contributed by atoms with Crippen LogP contribution in [0.5, 0.6) is 0 Å². The number of carbonyl (C=O) groups is 2. The van der Waals surface area contributed by atoms with Crippen molar-refractivity contribution in [2.45, 2.75) is 174 Å². The summed E-state index contributed by atoms with van der Waals surface area (Å²) in [6, 6.07) is 0. The van der Waals surface area contributed by atoms with Gasteiger partial charge in [0.15, 0.2) is 6.10 Å². The Balaban J connectivity index is 4.21. The highest BCUT2D eigenvalue weighted by Crippen LogP contribution is 2.43. The first-order chi connectivity index (χ1) is 28.8. The van der Waals surface area contributed by atoms with Crippen LogP contribution in [0.3, 0.4) is 0 Å². The van der Waals surface area contributed by atoms with E-state index in [1.54, 1.807) is 0 Å². The summed E-state index contributed by atoms with van der Waals surface area (Å²) in [5.41, 5.74) is 5.35. The third-order valence-corrected chi connectivity index (χ3v) is 9.95. The predicted molar refractivity (Wildman–Crippen MR) is 247 cm³/mol. The minimum absolute atomic E-state index is 0.0427. The lowest BCUT2D eigenvalue weighted by atomic mass is 10.1. The number of phosphoric ester groups is 1. The maximum absolute atomic E-state index is 12.6. The molecule has 0 aromatic carbocycles. The number of hydrogen-bond donors (Lipinski definition) is 2. The van der Waals surface area contributed by atoms with E-state index in [4.69, 9.17) is 24.3 Å². The van der Waals surface area contributed by atoms with E-state index >= 15 is 0 Å². The van der Waals surface area contributed by atoms with Crippen molar-refractivity contribution in [3.05, 3.63) is 97.2 Å². The molecular formula is C49H82NO8P. The molecule has 0 aromatic heterocycles. The van der Waals surface area contributed by atoms with Crippen LogP contribution in [0.4, 0.5) is 0 Å². The highest BCUT2D eigenvalue weighted by Gasteiger charge is 2.26. The molecule has 0 heterocycles. The van der Waals surface area contributed by atoms with Crippen LogP contribution in [0.1, 0.15) is 168 Å². The van der Waals surface area contributed by atoms with Gasteiger partial charge in [-0.3, -0.25) is 18.6 Å². The fraction of sp³-hybridized carbons (Fsp3) is 0.633. The third kappa shape index (κ3) is 44.3. The first kappa shape index (κ1) is 55.9. The molecule has 10 heteroatoms. The van der Waals surface area contributed by atoms with Crippen LogP contribution in [0, 0.1) is 0 Å². The maximum Gasteiger partial charge on any atom is 0.472 e. The lowest BCUT2D eigenvalue weighted by Crippen LogP contribution is -2.29. The van der Waals surface area contributed by atoms with E-state index in [2.05, 4.69) is 111 Å². The maximum atomic E-state index is 12.6. The van der Waals surface area contributed by atoms with E-state index in [0.29, 0.717) is 12.8 Å². The van der Waals surface area contributed by atoms with Gasteiger partial charge < -0.3 is 20.1 Å².